The molecule has 0 N–H and O–H groups in total. The van der Waals surface area contributed by atoms with Gasteiger partial charge < -0.3 is 4.74 Å². The van der Waals surface area contributed by atoms with Crippen molar-refractivity contribution in [3.05, 3.63) is 65.5 Å². The van der Waals surface area contributed by atoms with Crippen LogP contribution in [0.25, 0.3) is 0 Å². The summed E-state index contributed by atoms with van der Waals surface area (Å²) in [5.74, 6) is 0.602. The molecule has 2 aromatic carbocycles. The van der Waals surface area contributed by atoms with Crippen molar-refractivity contribution in [1.29, 1.82) is 0 Å². The Kier molecular flexibility index (Phi) is 3.43. The first-order chi connectivity index (χ1) is 9.22. The first-order valence-corrected chi connectivity index (χ1v) is 6.80. The number of rotatable bonds is 1. The minimum Gasteiger partial charge on any atom is -0.485 e. The Morgan fingerprint density at radius 1 is 1.11 bits per heavy atom. The second-order valence-corrected chi connectivity index (χ2v) is 5.42. The number of hydrogen-bond acceptors (Lipinski definition) is 1. The molecule has 0 spiro atoms. The molecule has 2 aromatic rings. The monoisotopic (exact) mass is 276 g/mol. The van der Waals surface area contributed by atoms with E-state index in [1.807, 2.05) is 30.3 Å². The van der Waals surface area contributed by atoms with Gasteiger partial charge >= 0.3 is 0 Å². The highest BCUT2D eigenvalue weighted by Gasteiger charge is 2.24. The molecule has 0 saturated carbocycles. The van der Waals surface area contributed by atoms with Crippen LogP contribution in [0.4, 0.5) is 4.39 Å². The molecule has 0 fully saturated rings. The van der Waals surface area contributed by atoms with E-state index >= 15 is 0 Å². The Hall–Kier alpha value is -1.54. The molecule has 3 rings (SSSR count). The van der Waals surface area contributed by atoms with Crippen LogP contribution < -0.4 is 4.74 Å². The second-order valence-electron chi connectivity index (χ2n) is 4.81. The lowest BCUT2D eigenvalue weighted by atomic mass is 10.0. The van der Waals surface area contributed by atoms with E-state index in [1.54, 1.807) is 6.07 Å². The quantitative estimate of drug-likeness (QED) is 0.697. The number of para-hydroxylation sites is 1. The van der Waals surface area contributed by atoms with E-state index in [2.05, 4.69) is 0 Å². The van der Waals surface area contributed by atoms with Crippen molar-refractivity contribution in [2.24, 2.45) is 0 Å². The fourth-order valence-corrected chi connectivity index (χ4v) is 2.78. The van der Waals surface area contributed by atoms with Crippen LogP contribution in [-0.4, -0.2) is 5.38 Å². The van der Waals surface area contributed by atoms with Crippen molar-refractivity contribution in [3.8, 4) is 5.75 Å². The Balaban J connectivity index is 1.95. The number of benzene rings is 2. The summed E-state index contributed by atoms with van der Waals surface area (Å²) in [7, 11) is 0. The fourth-order valence-electron chi connectivity index (χ4n) is 2.45. The minimum atomic E-state index is -0.246. The normalized spacial score (nSPS) is 22.2. The van der Waals surface area contributed by atoms with Crippen molar-refractivity contribution in [2.75, 3.05) is 0 Å². The summed E-state index contributed by atoms with van der Waals surface area (Å²) in [6.45, 7) is 0. The highest BCUT2D eigenvalue weighted by molar-refractivity contribution is 6.20. The molecule has 1 aliphatic rings. The first kappa shape index (κ1) is 12.5. The molecule has 19 heavy (non-hydrogen) atoms. The van der Waals surface area contributed by atoms with Gasteiger partial charge in [0.2, 0.25) is 0 Å². The maximum absolute atomic E-state index is 13.3. The Morgan fingerprint density at radius 3 is 2.79 bits per heavy atom. The summed E-state index contributed by atoms with van der Waals surface area (Å²) in [6.07, 6.45) is 1.27. The van der Waals surface area contributed by atoms with Gasteiger partial charge in [0.05, 0.1) is 0 Å². The zero-order valence-corrected chi connectivity index (χ0v) is 11.1. The molecule has 3 heteroatoms. The number of hydrogen-bond donors (Lipinski definition) is 0. The average Bonchev–Trinajstić information content (AvgIpc) is 2.56. The molecular formula is C16H14ClFO. The zero-order chi connectivity index (χ0) is 13.2. The van der Waals surface area contributed by atoms with Crippen LogP contribution in [0.3, 0.4) is 0 Å². The lowest BCUT2D eigenvalue weighted by Crippen LogP contribution is -2.11. The van der Waals surface area contributed by atoms with Gasteiger partial charge in [0.15, 0.2) is 0 Å². The summed E-state index contributed by atoms with van der Waals surface area (Å²) in [5, 5.41) is -0.00285. The van der Waals surface area contributed by atoms with Gasteiger partial charge in [-0.05, 0) is 35.7 Å². The molecule has 0 amide bonds. The molecule has 0 aromatic heterocycles. The molecule has 2 atom stereocenters. The van der Waals surface area contributed by atoms with E-state index in [1.165, 1.54) is 12.1 Å². The molecule has 1 nitrogen and oxygen atoms in total. The smallest absolute Gasteiger partial charge is 0.125 e. The third kappa shape index (κ3) is 2.74. The Bertz CT molecular complexity index is 584. The van der Waals surface area contributed by atoms with E-state index in [9.17, 15) is 4.39 Å². The molecule has 0 aliphatic carbocycles. The fraction of sp³-hybridized carbons (Fsp3) is 0.250. The average molecular weight is 277 g/mol. The third-order valence-electron chi connectivity index (χ3n) is 3.37. The first-order valence-electron chi connectivity index (χ1n) is 6.36. The Labute approximate surface area is 117 Å². The summed E-state index contributed by atoms with van der Waals surface area (Å²) in [4.78, 5) is 0. The molecule has 98 valence electrons. The predicted molar refractivity (Wildman–Crippen MR) is 74.2 cm³/mol. The molecule has 0 radical (unpaired) electrons. The van der Waals surface area contributed by atoms with Gasteiger partial charge in [-0.2, -0.15) is 0 Å². The van der Waals surface area contributed by atoms with Crippen LogP contribution >= 0.6 is 11.6 Å². The van der Waals surface area contributed by atoms with Gasteiger partial charge in [-0.25, -0.2) is 4.39 Å². The number of fused-ring (bicyclic) bond motifs is 1. The van der Waals surface area contributed by atoms with Gasteiger partial charge in [-0.3, -0.25) is 0 Å². The van der Waals surface area contributed by atoms with E-state index in [-0.39, 0.29) is 17.3 Å². The summed E-state index contributed by atoms with van der Waals surface area (Å²) in [6, 6.07) is 14.4. The van der Waals surface area contributed by atoms with E-state index in [0.29, 0.717) is 6.42 Å². The molecule has 0 unspecified atom stereocenters. The van der Waals surface area contributed by atoms with Crippen molar-refractivity contribution in [3.63, 3.8) is 0 Å². The largest absolute Gasteiger partial charge is 0.485 e. The summed E-state index contributed by atoms with van der Waals surface area (Å²) < 4.78 is 19.3. The summed E-state index contributed by atoms with van der Waals surface area (Å²) >= 11 is 6.36. The van der Waals surface area contributed by atoms with Crippen LogP contribution in [0.1, 0.15) is 23.7 Å². The van der Waals surface area contributed by atoms with Crippen LogP contribution in [0.15, 0.2) is 48.5 Å². The number of ether oxygens (including phenoxy) is 1. The SMILES string of the molecule is Fc1cccc([C@H]2C[C@@H](Cl)Cc3ccccc3O2)c1. The lowest BCUT2D eigenvalue weighted by Gasteiger charge is -2.18. The maximum Gasteiger partial charge on any atom is 0.125 e. The van der Waals surface area contributed by atoms with Crippen LogP contribution in [0, 0.1) is 5.82 Å². The topological polar surface area (TPSA) is 9.23 Å². The second kappa shape index (κ2) is 5.22. The van der Waals surface area contributed by atoms with Crippen molar-refractivity contribution in [1.82, 2.24) is 0 Å². The molecular weight excluding hydrogens is 263 g/mol. The standard InChI is InChI=1S/C16H14ClFO/c17-13-8-11-4-1-2-7-15(11)19-16(10-13)12-5-3-6-14(18)9-12/h1-7,9,13,16H,8,10H2/t13-,16+/m0/s1. The van der Waals surface area contributed by atoms with E-state index in [0.717, 1.165) is 23.3 Å². The molecule has 0 bridgehead atoms. The highest BCUT2D eigenvalue weighted by Crippen LogP contribution is 2.35. The number of alkyl halides is 1. The molecule has 0 saturated heterocycles. The van der Waals surface area contributed by atoms with E-state index < -0.39 is 0 Å². The highest BCUT2D eigenvalue weighted by atomic mass is 35.5. The molecule has 1 heterocycles. The lowest BCUT2D eigenvalue weighted by molar-refractivity contribution is 0.200. The van der Waals surface area contributed by atoms with E-state index in [4.69, 9.17) is 16.3 Å². The van der Waals surface area contributed by atoms with Crippen LogP contribution in [0.2, 0.25) is 0 Å². The zero-order valence-electron chi connectivity index (χ0n) is 10.4. The van der Waals surface area contributed by atoms with Crippen molar-refractivity contribution in [2.45, 2.75) is 24.3 Å². The van der Waals surface area contributed by atoms with Gasteiger partial charge in [0.1, 0.15) is 17.7 Å². The van der Waals surface area contributed by atoms with Crippen LogP contribution in [-0.2, 0) is 6.42 Å². The molecule has 1 aliphatic heterocycles. The maximum atomic E-state index is 13.3. The minimum absolute atomic E-state index is 0.00285. The van der Waals surface area contributed by atoms with Crippen LogP contribution in [0.5, 0.6) is 5.75 Å². The van der Waals surface area contributed by atoms with Crippen molar-refractivity contribution < 1.29 is 9.13 Å². The van der Waals surface area contributed by atoms with Crippen molar-refractivity contribution >= 4 is 11.6 Å². The summed E-state index contributed by atoms with van der Waals surface area (Å²) in [5.41, 5.74) is 1.95. The predicted octanol–water partition coefficient (Wildman–Crippen LogP) is 4.50. The number of halogens is 2. The van der Waals surface area contributed by atoms with Gasteiger partial charge in [0.25, 0.3) is 0 Å². The van der Waals surface area contributed by atoms with Gasteiger partial charge in [-0.1, -0.05) is 30.3 Å². The Morgan fingerprint density at radius 2 is 1.95 bits per heavy atom. The van der Waals surface area contributed by atoms with Gasteiger partial charge in [-0.15, -0.1) is 11.6 Å². The van der Waals surface area contributed by atoms with Gasteiger partial charge in [0, 0.05) is 11.8 Å². The third-order valence-corrected chi connectivity index (χ3v) is 3.71.